The van der Waals surface area contributed by atoms with Crippen LogP contribution in [0.25, 0.3) is 0 Å². The highest BCUT2D eigenvalue weighted by Gasteiger charge is 2.15. The molecule has 0 aliphatic carbocycles. The van der Waals surface area contributed by atoms with Gasteiger partial charge in [-0.05, 0) is 13.8 Å². The maximum Gasteiger partial charge on any atom is 0.242 e. The normalized spacial score (nSPS) is 15.6. The van der Waals surface area contributed by atoms with E-state index in [-0.39, 0.29) is 12.5 Å². The first-order chi connectivity index (χ1) is 8.65. The minimum Gasteiger partial charge on any atom is -0.361 e. The van der Waals surface area contributed by atoms with Gasteiger partial charge in [-0.1, -0.05) is 0 Å². The first-order valence-corrected chi connectivity index (χ1v) is 6.20. The lowest BCUT2D eigenvalue weighted by Crippen LogP contribution is -2.48. The van der Waals surface area contributed by atoms with Gasteiger partial charge in [0.05, 0.1) is 6.54 Å². The fourth-order valence-electron chi connectivity index (χ4n) is 2.00. The highest BCUT2D eigenvalue weighted by molar-refractivity contribution is 5.80. The summed E-state index contributed by atoms with van der Waals surface area (Å²) in [7, 11) is 0. The smallest absolute Gasteiger partial charge is 0.242 e. The Morgan fingerprint density at radius 1 is 1.39 bits per heavy atom. The van der Waals surface area contributed by atoms with Crippen LogP contribution in [0, 0.1) is 13.8 Å². The van der Waals surface area contributed by atoms with Gasteiger partial charge in [-0.2, -0.15) is 0 Å². The van der Waals surface area contributed by atoms with Crippen LogP contribution in [0.3, 0.4) is 0 Å². The molecule has 2 N–H and O–H groups in total. The third-order valence-electron chi connectivity index (χ3n) is 2.86. The molecule has 6 nitrogen and oxygen atoms in total. The van der Waals surface area contributed by atoms with Crippen LogP contribution >= 0.6 is 0 Å². The third kappa shape index (κ3) is 3.40. The number of carbonyl (C=O) groups excluding carboxylic acids is 1. The molecule has 0 bridgehead atoms. The highest BCUT2D eigenvalue weighted by Crippen LogP contribution is 2.05. The summed E-state index contributed by atoms with van der Waals surface area (Å²) in [6.45, 7) is 7.35. The van der Waals surface area contributed by atoms with E-state index >= 15 is 0 Å². The third-order valence-corrected chi connectivity index (χ3v) is 2.86. The number of hydrogen-bond acceptors (Lipinski definition) is 5. The summed E-state index contributed by atoms with van der Waals surface area (Å²) in [5.74, 6) is 1.54. The van der Waals surface area contributed by atoms with Gasteiger partial charge in [0.2, 0.25) is 5.91 Å². The molecule has 1 aromatic rings. The zero-order chi connectivity index (χ0) is 13.0. The quantitative estimate of drug-likeness (QED) is 0.785. The summed E-state index contributed by atoms with van der Waals surface area (Å²) >= 11 is 0. The van der Waals surface area contributed by atoms with Gasteiger partial charge in [0.15, 0.2) is 0 Å². The van der Waals surface area contributed by atoms with Crippen LogP contribution < -0.4 is 10.6 Å². The van der Waals surface area contributed by atoms with Gasteiger partial charge in [0, 0.05) is 37.9 Å². The number of nitrogens with one attached hydrogen (secondary N) is 2. The Kier molecular flexibility index (Phi) is 4.09. The van der Waals surface area contributed by atoms with Crippen molar-refractivity contribution < 1.29 is 4.79 Å². The predicted molar refractivity (Wildman–Crippen MR) is 69.4 cm³/mol. The van der Waals surface area contributed by atoms with Crippen LogP contribution in [0.15, 0.2) is 6.07 Å². The van der Waals surface area contributed by atoms with E-state index in [0.29, 0.717) is 11.6 Å². The number of aryl methyl sites for hydroxylation is 2. The second-order valence-corrected chi connectivity index (χ2v) is 4.43. The van der Waals surface area contributed by atoms with Crippen molar-refractivity contribution in [3.8, 4) is 0 Å². The first kappa shape index (κ1) is 12.8. The number of carbonyl (C=O) groups is 1. The predicted octanol–water partition coefficient (Wildman–Crippen LogP) is -0.0629. The summed E-state index contributed by atoms with van der Waals surface area (Å²) in [6, 6.07) is 1.85. The second-order valence-electron chi connectivity index (χ2n) is 4.43. The Hall–Kier alpha value is -1.69. The number of amides is 1. The molecule has 0 spiro atoms. The lowest BCUT2D eigenvalue weighted by molar-refractivity contribution is -0.129. The minimum atomic E-state index is 0.116. The summed E-state index contributed by atoms with van der Waals surface area (Å²) in [5, 5.41) is 6.28. The molecule has 1 aromatic heterocycles. The maximum atomic E-state index is 11.9. The zero-order valence-electron chi connectivity index (χ0n) is 10.9. The number of hydrogen-bond donors (Lipinski definition) is 2. The van der Waals surface area contributed by atoms with Gasteiger partial charge in [-0.3, -0.25) is 4.79 Å². The number of nitrogens with zero attached hydrogens (tertiary/aromatic N) is 3. The molecule has 0 radical (unpaired) electrons. The van der Waals surface area contributed by atoms with Gasteiger partial charge in [0.25, 0.3) is 0 Å². The topological polar surface area (TPSA) is 70.2 Å². The van der Waals surface area contributed by atoms with Crippen LogP contribution in [0.2, 0.25) is 0 Å². The molecule has 6 heteroatoms. The molecule has 18 heavy (non-hydrogen) atoms. The SMILES string of the molecule is Cc1cc(NCC(=O)N2CCNCC2)nc(C)n1. The fourth-order valence-corrected chi connectivity index (χ4v) is 2.00. The van der Waals surface area contributed by atoms with Crippen molar-refractivity contribution in [3.05, 3.63) is 17.6 Å². The van der Waals surface area contributed by atoms with Gasteiger partial charge >= 0.3 is 0 Å². The summed E-state index contributed by atoms with van der Waals surface area (Å²) in [4.78, 5) is 22.2. The molecule has 0 aromatic carbocycles. The molecule has 0 saturated carbocycles. The molecule has 1 amide bonds. The minimum absolute atomic E-state index is 0.116. The average molecular weight is 249 g/mol. The number of piperazine rings is 1. The monoisotopic (exact) mass is 249 g/mol. The Morgan fingerprint density at radius 2 is 2.11 bits per heavy atom. The Labute approximate surface area is 107 Å². The van der Waals surface area contributed by atoms with E-state index in [1.54, 1.807) is 0 Å². The second kappa shape index (κ2) is 5.77. The van der Waals surface area contributed by atoms with E-state index < -0.39 is 0 Å². The lowest BCUT2D eigenvalue weighted by atomic mass is 10.3. The Bertz CT molecular complexity index is 408. The van der Waals surface area contributed by atoms with Crippen molar-refractivity contribution in [1.29, 1.82) is 0 Å². The molecule has 1 aliphatic heterocycles. The van der Waals surface area contributed by atoms with E-state index in [9.17, 15) is 4.79 Å². The standard InChI is InChI=1S/C12H19N5O/c1-9-7-11(16-10(2)15-9)14-8-12(18)17-5-3-13-4-6-17/h7,13H,3-6,8H2,1-2H3,(H,14,15,16). The van der Waals surface area contributed by atoms with Crippen LogP contribution in [0.4, 0.5) is 5.82 Å². The molecule has 98 valence electrons. The Balaban J connectivity index is 1.88. The fraction of sp³-hybridized carbons (Fsp3) is 0.583. The number of anilines is 1. The lowest BCUT2D eigenvalue weighted by Gasteiger charge is -2.27. The van der Waals surface area contributed by atoms with Crippen molar-refractivity contribution in [2.45, 2.75) is 13.8 Å². The van der Waals surface area contributed by atoms with Crippen molar-refractivity contribution in [3.63, 3.8) is 0 Å². The molecular formula is C12H19N5O. The van der Waals surface area contributed by atoms with E-state index in [2.05, 4.69) is 20.6 Å². The average Bonchev–Trinajstić information content (AvgIpc) is 2.36. The van der Waals surface area contributed by atoms with E-state index in [4.69, 9.17) is 0 Å². The zero-order valence-corrected chi connectivity index (χ0v) is 10.9. The molecule has 1 aliphatic rings. The van der Waals surface area contributed by atoms with Crippen LogP contribution in [0.1, 0.15) is 11.5 Å². The summed E-state index contributed by atoms with van der Waals surface area (Å²) < 4.78 is 0. The van der Waals surface area contributed by atoms with Crippen molar-refractivity contribution in [2.24, 2.45) is 0 Å². The van der Waals surface area contributed by atoms with Crippen molar-refractivity contribution in [2.75, 3.05) is 38.0 Å². The van der Waals surface area contributed by atoms with Crippen molar-refractivity contribution >= 4 is 11.7 Å². The maximum absolute atomic E-state index is 11.9. The Morgan fingerprint density at radius 3 is 2.78 bits per heavy atom. The molecule has 1 saturated heterocycles. The van der Waals surface area contributed by atoms with Crippen LogP contribution in [0.5, 0.6) is 0 Å². The molecule has 0 atom stereocenters. The number of aromatic nitrogens is 2. The highest BCUT2D eigenvalue weighted by atomic mass is 16.2. The van der Waals surface area contributed by atoms with Crippen molar-refractivity contribution in [1.82, 2.24) is 20.2 Å². The van der Waals surface area contributed by atoms with E-state index in [1.165, 1.54) is 0 Å². The van der Waals surface area contributed by atoms with E-state index in [0.717, 1.165) is 31.9 Å². The van der Waals surface area contributed by atoms with Crippen LogP contribution in [-0.2, 0) is 4.79 Å². The van der Waals surface area contributed by atoms with Gasteiger partial charge in [-0.25, -0.2) is 9.97 Å². The largest absolute Gasteiger partial charge is 0.361 e. The summed E-state index contributed by atoms with van der Waals surface area (Å²) in [6.07, 6.45) is 0. The van der Waals surface area contributed by atoms with Gasteiger partial charge in [0.1, 0.15) is 11.6 Å². The first-order valence-electron chi connectivity index (χ1n) is 6.20. The molecule has 0 unspecified atom stereocenters. The van der Waals surface area contributed by atoms with E-state index in [1.807, 2.05) is 24.8 Å². The van der Waals surface area contributed by atoms with Crippen LogP contribution in [-0.4, -0.2) is 53.5 Å². The molecule has 2 rings (SSSR count). The number of rotatable bonds is 3. The van der Waals surface area contributed by atoms with Gasteiger partial charge < -0.3 is 15.5 Å². The molecular weight excluding hydrogens is 230 g/mol. The molecule has 2 heterocycles. The summed E-state index contributed by atoms with van der Waals surface area (Å²) in [5.41, 5.74) is 0.902. The molecule has 1 fully saturated rings. The van der Waals surface area contributed by atoms with Gasteiger partial charge in [-0.15, -0.1) is 0 Å².